The van der Waals surface area contributed by atoms with E-state index in [2.05, 4.69) is 21.2 Å². The van der Waals surface area contributed by atoms with Gasteiger partial charge in [-0.3, -0.25) is 4.79 Å². The molecule has 0 radical (unpaired) electrons. The Labute approximate surface area is 115 Å². The summed E-state index contributed by atoms with van der Waals surface area (Å²) >= 11 is 3.33. The molecule has 0 aliphatic carbocycles. The smallest absolute Gasteiger partial charge is 0.255 e. The Morgan fingerprint density at radius 3 is 2.89 bits per heavy atom. The summed E-state index contributed by atoms with van der Waals surface area (Å²) in [5.74, 6) is 0.626. The van der Waals surface area contributed by atoms with E-state index in [4.69, 9.17) is 9.84 Å². The van der Waals surface area contributed by atoms with Gasteiger partial charge in [-0.2, -0.15) is 0 Å². The van der Waals surface area contributed by atoms with Crippen LogP contribution in [0, 0.1) is 5.92 Å². The van der Waals surface area contributed by atoms with Crippen LogP contribution in [0.15, 0.2) is 22.7 Å². The third-order valence-corrected chi connectivity index (χ3v) is 3.13. The van der Waals surface area contributed by atoms with Crippen molar-refractivity contribution in [2.45, 2.75) is 13.3 Å². The van der Waals surface area contributed by atoms with Crippen LogP contribution < -0.4 is 10.1 Å². The third-order valence-electron chi connectivity index (χ3n) is 2.64. The zero-order valence-electron chi connectivity index (χ0n) is 10.6. The molecule has 1 atom stereocenters. The highest BCUT2D eigenvalue weighted by Gasteiger charge is 2.13. The topological polar surface area (TPSA) is 58.6 Å². The molecule has 1 unspecified atom stereocenters. The molecule has 1 amide bonds. The SMILES string of the molecule is COc1cc(Br)ccc1C(=O)NCC(C)CCO. The molecule has 1 rings (SSSR count). The van der Waals surface area contributed by atoms with E-state index in [1.165, 1.54) is 7.11 Å². The summed E-state index contributed by atoms with van der Waals surface area (Å²) in [7, 11) is 1.53. The van der Waals surface area contributed by atoms with Gasteiger partial charge in [0.2, 0.25) is 0 Å². The fourth-order valence-electron chi connectivity index (χ4n) is 1.54. The highest BCUT2D eigenvalue weighted by atomic mass is 79.9. The molecule has 0 spiro atoms. The number of benzene rings is 1. The van der Waals surface area contributed by atoms with E-state index in [1.807, 2.05) is 6.92 Å². The van der Waals surface area contributed by atoms with Crippen molar-refractivity contribution in [3.8, 4) is 5.75 Å². The number of amides is 1. The molecule has 100 valence electrons. The molecule has 1 aromatic carbocycles. The quantitative estimate of drug-likeness (QED) is 0.846. The Kier molecular flexibility index (Phi) is 6.15. The molecule has 0 aliphatic rings. The summed E-state index contributed by atoms with van der Waals surface area (Å²) in [6, 6.07) is 5.27. The number of nitrogens with one attached hydrogen (secondary N) is 1. The van der Waals surface area contributed by atoms with Gasteiger partial charge in [0, 0.05) is 17.6 Å². The van der Waals surface area contributed by atoms with Gasteiger partial charge in [0.25, 0.3) is 5.91 Å². The highest BCUT2D eigenvalue weighted by molar-refractivity contribution is 9.10. The molecule has 0 fully saturated rings. The number of carbonyl (C=O) groups excluding carboxylic acids is 1. The lowest BCUT2D eigenvalue weighted by molar-refractivity contribution is 0.0942. The Morgan fingerprint density at radius 1 is 1.56 bits per heavy atom. The fourth-order valence-corrected chi connectivity index (χ4v) is 1.88. The standard InChI is InChI=1S/C13H18BrNO3/c1-9(5-6-16)8-15-13(17)11-4-3-10(14)7-12(11)18-2/h3-4,7,9,16H,5-6,8H2,1-2H3,(H,15,17). The second-order valence-electron chi connectivity index (χ2n) is 4.17. The summed E-state index contributed by atoms with van der Waals surface area (Å²) in [6.07, 6.45) is 0.678. The number of carbonyl (C=O) groups is 1. The van der Waals surface area contributed by atoms with Crippen molar-refractivity contribution in [1.29, 1.82) is 0 Å². The van der Waals surface area contributed by atoms with Crippen molar-refractivity contribution >= 4 is 21.8 Å². The van der Waals surface area contributed by atoms with Gasteiger partial charge in [0.05, 0.1) is 12.7 Å². The highest BCUT2D eigenvalue weighted by Crippen LogP contribution is 2.23. The number of rotatable bonds is 6. The van der Waals surface area contributed by atoms with Gasteiger partial charge in [-0.1, -0.05) is 22.9 Å². The van der Waals surface area contributed by atoms with E-state index >= 15 is 0 Å². The van der Waals surface area contributed by atoms with Gasteiger partial charge < -0.3 is 15.2 Å². The predicted molar refractivity (Wildman–Crippen MR) is 73.9 cm³/mol. The molecule has 0 heterocycles. The molecule has 0 aromatic heterocycles. The first kappa shape index (κ1) is 15.0. The van der Waals surface area contributed by atoms with E-state index in [9.17, 15) is 4.79 Å². The van der Waals surface area contributed by atoms with Gasteiger partial charge in [-0.05, 0) is 30.5 Å². The van der Waals surface area contributed by atoms with Crippen LogP contribution in [0.3, 0.4) is 0 Å². The zero-order chi connectivity index (χ0) is 13.5. The molecular weight excluding hydrogens is 298 g/mol. The van der Waals surface area contributed by atoms with Crippen LogP contribution in [0.1, 0.15) is 23.7 Å². The van der Waals surface area contributed by atoms with E-state index in [0.717, 1.165) is 4.47 Å². The maximum absolute atomic E-state index is 12.0. The Balaban J connectivity index is 2.66. The Hall–Kier alpha value is -1.07. The predicted octanol–water partition coefficient (Wildman–Crippen LogP) is 2.21. The molecule has 5 heteroatoms. The molecule has 0 saturated carbocycles. The molecule has 2 N–H and O–H groups in total. The second kappa shape index (κ2) is 7.38. The fraction of sp³-hybridized carbons (Fsp3) is 0.462. The first-order valence-corrected chi connectivity index (χ1v) is 6.60. The third kappa shape index (κ3) is 4.31. The van der Waals surface area contributed by atoms with Crippen LogP contribution in [0.5, 0.6) is 5.75 Å². The van der Waals surface area contributed by atoms with Crippen LogP contribution in [0.4, 0.5) is 0 Å². The first-order chi connectivity index (χ1) is 8.58. The molecule has 0 bridgehead atoms. The minimum atomic E-state index is -0.163. The average Bonchev–Trinajstić information content (AvgIpc) is 2.36. The number of hydrogen-bond donors (Lipinski definition) is 2. The first-order valence-electron chi connectivity index (χ1n) is 5.81. The van der Waals surface area contributed by atoms with Crippen molar-refractivity contribution in [2.75, 3.05) is 20.3 Å². The number of aliphatic hydroxyl groups is 1. The number of ether oxygens (including phenoxy) is 1. The molecule has 1 aromatic rings. The zero-order valence-corrected chi connectivity index (χ0v) is 12.2. The summed E-state index contributed by atoms with van der Waals surface area (Å²) in [5, 5.41) is 11.6. The molecule has 0 aliphatic heterocycles. The molecular formula is C13H18BrNO3. The van der Waals surface area contributed by atoms with Gasteiger partial charge in [0.15, 0.2) is 0 Å². The molecule has 0 saturated heterocycles. The monoisotopic (exact) mass is 315 g/mol. The van der Waals surface area contributed by atoms with Gasteiger partial charge in [-0.15, -0.1) is 0 Å². The number of aliphatic hydroxyl groups excluding tert-OH is 1. The van der Waals surface area contributed by atoms with Gasteiger partial charge in [0.1, 0.15) is 5.75 Å². The summed E-state index contributed by atoms with van der Waals surface area (Å²) in [4.78, 5) is 12.0. The van der Waals surface area contributed by atoms with E-state index in [0.29, 0.717) is 24.3 Å². The summed E-state index contributed by atoms with van der Waals surface area (Å²) in [6.45, 7) is 2.66. The van der Waals surface area contributed by atoms with Crippen LogP contribution >= 0.6 is 15.9 Å². The lowest BCUT2D eigenvalue weighted by Crippen LogP contribution is -2.28. The van der Waals surface area contributed by atoms with Crippen molar-refractivity contribution in [3.63, 3.8) is 0 Å². The number of methoxy groups -OCH3 is 1. The minimum absolute atomic E-state index is 0.138. The summed E-state index contributed by atoms with van der Waals surface area (Å²) in [5.41, 5.74) is 0.511. The van der Waals surface area contributed by atoms with Crippen molar-refractivity contribution < 1.29 is 14.6 Å². The van der Waals surface area contributed by atoms with Crippen LogP contribution in [0.25, 0.3) is 0 Å². The maximum atomic E-state index is 12.0. The van der Waals surface area contributed by atoms with E-state index < -0.39 is 0 Å². The Morgan fingerprint density at radius 2 is 2.28 bits per heavy atom. The van der Waals surface area contributed by atoms with E-state index in [1.54, 1.807) is 18.2 Å². The average molecular weight is 316 g/mol. The number of halogens is 1. The normalized spacial score (nSPS) is 12.0. The van der Waals surface area contributed by atoms with Crippen LogP contribution in [0.2, 0.25) is 0 Å². The van der Waals surface area contributed by atoms with Gasteiger partial charge >= 0.3 is 0 Å². The van der Waals surface area contributed by atoms with Crippen LogP contribution in [-0.4, -0.2) is 31.3 Å². The summed E-state index contributed by atoms with van der Waals surface area (Å²) < 4.78 is 6.04. The van der Waals surface area contributed by atoms with Crippen molar-refractivity contribution in [2.24, 2.45) is 5.92 Å². The lowest BCUT2D eigenvalue weighted by Gasteiger charge is -2.13. The van der Waals surface area contributed by atoms with Crippen LogP contribution in [-0.2, 0) is 0 Å². The Bertz CT molecular complexity index is 409. The van der Waals surface area contributed by atoms with Crippen molar-refractivity contribution in [1.82, 2.24) is 5.32 Å². The molecule has 18 heavy (non-hydrogen) atoms. The molecule has 4 nitrogen and oxygen atoms in total. The van der Waals surface area contributed by atoms with Crippen molar-refractivity contribution in [3.05, 3.63) is 28.2 Å². The largest absolute Gasteiger partial charge is 0.496 e. The van der Waals surface area contributed by atoms with Gasteiger partial charge in [-0.25, -0.2) is 0 Å². The van der Waals surface area contributed by atoms with E-state index in [-0.39, 0.29) is 18.4 Å². The lowest BCUT2D eigenvalue weighted by atomic mass is 10.1. The number of hydrogen-bond acceptors (Lipinski definition) is 3. The second-order valence-corrected chi connectivity index (χ2v) is 5.09. The maximum Gasteiger partial charge on any atom is 0.255 e. The minimum Gasteiger partial charge on any atom is -0.496 e.